The smallest absolute Gasteiger partial charge is 0.0244 e. The molecule has 0 spiro atoms. The van der Waals surface area contributed by atoms with Crippen molar-refractivity contribution in [2.45, 2.75) is 65.1 Å². The second kappa shape index (κ2) is 7.05. The first-order chi connectivity index (χ1) is 9.08. The fourth-order valence-corrected chi connectivity index (χ4v) is 3.62. The van der Waals surface area contributed by atoms with Crippen molar-refractivity contribution < 1.29 is 0 Å². The maximum absolute atomic E-state index is 3.64. The summed E-state index contributed by atoms with van der Waals surface area (Å²) in [5.41, 5.74) is 0. The van der Waals surface area contributed by atoms with Crippen LogP contribution in [0.1, 0.15) is 47.0 Å². The van der Waals surface area contributed by atoms with Gasteiger partial charge in [0.2, 0.25) is 0 Å². The van der Waals surface area contributed by atoms with Gasteiger partial charge in [-0.05, 0) is 25.3 Å². The molecule has 0 aromatic carbocycles. The number of hydrogen-bond donors (Lipinski definition) is 1. The third kappa shape index (κ3) is 4.17. The van der Waals surface area contributed by atoms with Crippen LogP contribution in [0.25, 0.3) is 0 Å². The highest BCUT2D eigenvalue weighted by atomic mass is 15.3. The van der Waals surface area contributed by atoms with Crippen LogP contribution < -0.4 is 5.32 Å². The normalized spacial score (nSPS) is 27.8. The van der Waals surface area contributed by atoms with Crippen molar-refractivity contribution in [3.05, 3.63) is 0 Å². The molecule has 19 heavy (non-hydrogen) atoms. The highest BCUT2D eigenvalue weighted by Crippen LogP contribution is 2.23. The molecule has 2 heterocycles. The van der Waals surface area contributed by atoms with E-state index >= 15 is 0 Å². The number of rotatable bonds is 5. The average molecular weight is 267 g/mol. The zero-order valence-electron chi connectivity index (χ0n) is 13.4. The zero-order chi connectivity index (χ0) is 13.8. The van der Waals surface area contributed by atoms with Gasteiger partial charge in [-0.15, -0.1) is 0 Å². The van der Waals surface area contributed by atoms with E-state index in [2.05, 4.69) is 42.8 Å². The molecule has 2 aliphatic heterocycles. The molecule has 0 bridgehead atoms. The fraction of sp³-hybridized carbons (Fsp3) is 1.00. The lowest BCUT2D eigenvalue weighted by Crippen LogP contribution is -2.59. The summed E-state index contributed by atoms with van der Waals surface area (Å²) in [5.74, 6) is 0.737. The molecule has 2 saturated heterocycles. The van der Waals surface area contributed by atoms with Crippen LogP contribution >= 0.6 is 0 Å². The van der Waals surface area contributed by atoms with Crippen LogP contribution in [0.3, 0.4) is 0 Å². The lowest BCUT2D eigenvalue weighted by Gasteiger charge is -2.47. The Morgan fingerprint density at radius 3 is 2.53 bits per heavy atom. The first-order valence-electron chi connectivity index (χ1n) is 8.29. The summed E-state index contributed by atoms with van der Waals surface area (Å²) in [6.45, 7) is 15.6. The minimum atomic E-state index is 0.595. The lowest BCUT2D eigenvalue weighted by molar-refractivity contribution is 0.0160. The molecular formula is C16H33N3. The first kappa shape index (κ1) is 15.3. The quantitative estimate of drug-likeness (QED) is 0.824. The summed E-state index contributed by atoms with van der Waals surface area (Å²) >= 11 is 0. The number of nitrogens with zero attached hydrogens (tertiary/aromatic N) is 2. The molecule has 2 atom stereocenters. The van der Waals surface area contributed by atoms with E-state index in [9.17, 15) is 0 Å². The van der Waals surface area contributed by atoms with Gasteiger partial charge >= 0.3 is 0 Å². The predicted octanol–water partition coefficient (Wildman–Crippen LogP) is 2.18. The van der Waals surface area contributed by atoms with E-state index in [4.69, 9.17) is 0 Å². The van der Waals surface area contributed by atoms with Gasteiger partial charge in [-0.3, -0.25) is 9.80 Å². The summed E-state index contributed by atoms with van der Waals surface area (Å²) in [7, 11) is 0. The van der Waals surface area contributed by atoms with E-state index in [1.807, 2.05) is 0 Å². The minimum Gasteiger partial charge on any atom is -0.313 e. The van der Waals surface area contributed by atoms with E-state index in [-0.39, 0.29) is 0 Å². The molecule has 0 amide bonds. The second-order valence-corrected chi connectivity index (χ2v) is 7.05. The predicted molar refractivity (Wildman–Crippen MR) is 82.5 cm³/mol. The third-order valence-electron chi connectivity index (χ3n) is 4.84. The van der Waals surface area contributed by atoms with Gasteiger partial charge in [0.15, 0.2) is 0 Å². The molecule has 3 heteroatoms. The van der Waals surface area contributed by atoms with Gasteiger partial charge < -0.3 is 5.32 Å². The van der Waals surface area contributed by atoms with Crippen LogP contribution in [-0.2, 0) is 0 Å². The average Bonchev–Trinajstić information content (AvgIpc) is 2.38. The molecule has 2 rings (SSSR count). The summed E-state index contributed by atoms with van der Waals surface area (Å²) in [6, 6.07) is 2.13. The Balaban J connectivity index is 1.90. The largest absolute Gasteiger partial charge is 0.313 e. The Hall–Kier alpha value is -0.120. The molecule has 0 radical (unpaired) electrons. The van der Waals surface area contributed by atoms with Crippen LogP contribution in [0, 0.1) is 5.92 Å². The highest BCUT2D eigenvalue weighted by molar-refractivity contribution is 4.89. The molecule has 3 nitrogen and oxygen atoms in total. The maximum atomic E-state index is 3.64. The first-order valence-corrected chi connectivity index (χ1v) is 8.29. The van der Waals surface area contributed by atoms with Crippen molar-refractivity contribution >= 4 is 0 Å². The molecule has 2 aliphatic rings. The van der Waals surface area contributed by atoms with Crippen molar-refractivity contribution in [3.63, 3.8) is 0 Å². The molecule has 0 aromatic rings. The SMILES string of the molecule is CC(C)NCC(C(C)C)N1CCN2CCCCC2C1. The molecule has 112 valence electrons. The van der Waals surface area contributed by atoms with Gasteiger partial charge in [-0.1, -0.05) is 34.1 Å². The summed E-state index contributed by atoms with van der Waals surface area (Å²) < 4.78 is 0. The van der Waals surface area contributed by atoms with Crippen molar-refractivity contribution in [3.8, 4) is 0 Å². The Kier molecular flexibility index (Phi) is 5.67. The van der Waals surface area contributed by atoms with E-state index in [0.717, 1.165) is 18.5 Å². The molecule has 1 N–H and O–H groups in total. The fourth-order valence-electron chi connectivity index (χ4n) is 3.62. The van der Waals surface area contributed by atoms with Crippen LogP contribution in [-0.4, -0.2) is 60.6 Å². The van der Waals surface area contributed by atoms with Crippen molar-refractivity contribution in [1.82, 2.24) is 15.1 Å². The standard InChI is InChI=1S/C16H33N3/c1-13(2)16(11-17-14(3)4)19-10-9-18-8-6-5-7-15(18)12-19/h13-17H,5-12H2,1-4H3. The molecule has 2 unspecified atom stereocenters. The maximum Gasteiger partial charge on any atom is 0.0244 e. The number of nitrogens with one attached hydrogen (secondary N) is 1. The number of fused-ring (bicyclic) bond motifs is 1. The van der Waals surface area contributed by atoms with Crippen LogP contribution in [0.2, 0.25) is 0 Å². The van der Waals surface area contributed by atoms with Crippen molar-refractivity contribution in [1.29, 1.82) is 0 Å². The molecule has 2 fully saturated rings. The number of piperidine rings is 1. The Morgan fingerprint density at radius 1 is 1.05 bits per heavy atom. The number of hydrogen-bond acceptors (Lipinski definition) is 3. The Labute approximate surface area is 119 Å². The van der Waals surface area contributed by atoms with Crippen LogP contribution in [0.4, 0.5) is 0 Å². The van der Waals surface area contributed by atoms with Gasteiger partial charge in [0, 0.05) is 44.3 Å². The topological polar surface area (TPSA) is 18.5 Å². The Bertz CT molecular complexity index is 265. The van der Waals surface area contributed by atoms with Gasteiger partial charge in [0.1, 0.15) is 0 Å². The molecule has 0 saturated carbocycles. The third-order valence-corrected chi connectivity index (χ3v) is 4.84. The second-order valence-electron chi connectivity index (χ2n) is 7.05. The van der Waals surface area contributed by atoms with E-state index < -0.39 is 0 Å². The van der Waals surface area contributed by atoms with Gasteiger partial charge in [-0.2, -0.15) is 0 Å². The monoisotopic (exact) mass is 267 g/mol. The molecular weight excluding hydrogens is 234 g/mol. The van der Waals surface area contributed by atoms with E-state index in [1.165, 1.54) is 45.4 Å². The summed E-state index contributed by atoms with van der Waals surface area (Å²) in [6.07, 6.45) is 4.27. The van der Waals surface area contributed by atoms with Crippen LogP contribution in [0.5, 0.6) is 0 Å². The van der Waals surface area contributed by atoms with E-state index in [1.54, 1.807) is 0 Å². The van der Waals surface area contributed by atoms with Crippen molar-refractivity contribution in [2.75, 3.05) is 32.7 Å². The molecule has 0 aromatic heterocycles. The van der Waals surface area contributed by atoms with Gasteiger partial charge in [0.05, 0.1) is 0 Å². The van der Waals surface area contributed by atoms with Crippen LogP contribution in [0.15, 0.2) is 0 Å². The lowest BCUT2D eigenvalue weighted by atomic mass is 9.95. The van der Waals surface area contributed by atoms with Gasteiger partial charge in [-0.25, -0.2) is 0 Å². The molecule has 0 aliphatic carbocycles. The summed E-state index contributed by atoms with van der Waals surface area (Å²) in [4.78, 5) is 5.49. The zero-order valence-corrected chi connectivity index (χ0v) is 13.4. The summed E-state index contributed by atoms with van der Waals surface area (Å²) in [5, 5.41) is 3.64. The van der Waals surface area contributed by atoms with Gasteiger partial charge in [0.25, 0.3) is 0 Å². The Morgan fingerprint density at radius 2 is 1.84 bits per heavy atom. The number of piperazine rings is 1. The van der Waals surface area contributed by atoms with Crippen molar-refractivity contribution in [2.24, 2.45) is 5.92 Å². The highest BCUT2D eigenvalue weighted by Gasteiger charge is 2.32. The minimum absolute atomic E-state index is 0.595. The van der Waals surface area contributed by atoms with E-state index in [0.29, 0.717) is 12.1 Å².